The van der Waals surface area contributed by atoms with E-state index in [2.05, 4.69) is 20.3 Å². The second-order valence-corrected chi connectivity index (χ2v) is 6.69. The maximum Gasteiger partial charge on any atom is 0.338 e. The van der Waals surface area contributed by atoms with E-state index in [-0.39, 0.29) is 0 Å². The number of imidazole rings is 1. The molecule has 0 radical (unpaired) electrons. The summed E-state index contributed by atoms with van der Waals surface area (Å²) in [4.78, 5) is 36.9. The number of esters is 1. The molecule has 4 aromatic rings. The average molecular weight is 400 g/mol. The number of hydrogen-bond donors (Lipinski definition) is 2. The van der Waals surface area contributed by atoms with Crippen molar-refractivity contribution in [2.75, 3.05) is 5.32 Å². The smallest absolute Gasteiger partial charge is 0.338 e. The molecule has 0 bridgehead atoms. The van der Waals surface area contributed by atoms with Crippen LogP contribution in [0.1, 0.15) is 23.7 Å². The lowest BCUT2D eigenvalue weighted by atomic mass is 10.2. The highest BCUT2D eigenvalue weighted by atomic mass is 16.5. The number of rotatable bonds is 6. The highest BCUT2D eigenvalue weighted by Gasteiger charge is 2.22. The lowest BCUT2D eigenvalue weighted by Crippen LogP contribution is -2.32. The van der Waals surface area contributed by atoms with Crippen molar-refractivity contribution in [1.29, 1.82) is 0 Å². The minimum Gasteiger partial charge on any atom is -0.449 e. The van der Waals surface area contributed by atoms with Gasteiger partial charge < -0.3 is 15.0 Å². The Morgan fingerprint density at radius 2 is 1.87 bits per heavy atom. The molecule has 4 rings (SSSR count). The van der Waals surface area contributed by atoms with Gasteiger partial charge in [-0.25, -0.2) is 14.8 Å². The summed E-state index contributed by atoms with van der Waals surface area (Å²) in [7, 11) is 0. The van der Waals surface area contributed by atoms with Crippen LogP contribution in [0.25, 0.3) is 22.4 Å². The van der Waals surface area contributed by atoms with Crippen LogP contribution in [0.5, 0.6) is 0 Å². The molecule has 2 N–H and O–H groups in total. The highest BCUT2D eigenvalue weighted by molar-refractivity contribution is 5.98. The number of carbonyl (C=O) groups is 2. The van der Waals surface area contributed by atoms with Gasteiger partial charge in [0.2, 0.25) is 0 Å². The number of hydrogen-bond acceptors (Lipinski definition) is 5. The second-order valence-electron chi connectivity index (χ2n) is 6.69. The van der Waals surface area contributed by atoms with Crippen molar-refractivity contribution in [3.63, 3.8) is 0 Å². The lowest BCUT2D eigenvalue weighted by Gasteiger charge is -2.15. The van der Waals surface area contributed by atoms with E-state index >= 15 is 0 Å². The molecule has 0 saturated carbocycles. The van der Waals surface area contributed by atoms with Gasteiger partial charge in [-0.1, -0.05) is 43.3 Å². The van der Waals surface area contributed by atoms with Gasteiger partial charge in [0, 0.05) is 11.8 Å². The fourth-order valence-electron chi connectivity index (χ4n) is 3.03. The summed E-state index contributed by atoms with van der Waals surface area (Å²) in [5.41, 5.74) is 2.75. The first-order chi connectivity index (χ1) is 14.6. The molecule has 150 valence electrons. The van der Waals surface area contributed by atoms with Crippen LogP contribution in [0.15, 0.2) is 72.9 Å². The summed E-state index contributed by atoms with van der Waals surface area (Å²) in [6.45, 7) is 1.78. The quantitative estimate of drug-likeness (QED) is 0.473. The predicted octanol–water partition coefficient (Wildman–Crippen LogP) is 4.20. The molecule has 1 unspecified atom stereocenters. The third kappa shape index (κ3) is 4.20. The summed E-state index contributed by atoms with van der Waals surface area (Å²) in [6.07, 6.45) is 0.998. The number of amides is 1. The van der Waals surface area contributed by atoms with Crippen molar-refractivity contribution in [2.45, 2.75) is 19.4 Å². The number of benzene rings is 2. The fraction of sp³-hybridized carbons (Fsp3) is 0.130. The molecular weight excluding hydrogens is 380 g/mol. The van der Waals surface area contributed by atoms with Gasteiger partial charge in [-0.2, -0.15) is 0 Å². The molecule has 1 amide bonds. The Balaban J connectivity index is 1.50. The number of aromatic nitrogens is 3. The molecule has 2 aromatic heterocycles. The molecule has 1 atom stereocenters. The first-order valence-corrected chi connectivity index (χ1v) is 9.62. The van der Waals surface area contributed by atoms with E-state index in [9.17, 15) is 9.59 Å². The SMILES string of the molecule is CCC(OC(=O)c1ccc2nc(-c3ccccc3)[nH]c2c1)C(=O)Nc1ccccn1. The first kappa shape index (κ1) is 19.3. The third-order valence-electron chi connectivity index (χ3n) is 4.59. The number of ether oxygens (including phenoxy) is 1. The van der Waals surface area contributed by atoms with Crippen LogP contribution in [-0.4, -0.2) is 32.9 Å². The maximum absolute atomic E-state index is 12.6. The van der Waals surface area contributed by atoms with Gasteiger partial charge in [0.1, 0.15) is 11.6 Å². The van der Waals surface area contributed by atoms with E-state index in [1.807, 2.05) is 30.3 Å². The Kier molecular flexibility index (Phi) is 5.52. The highest BCUT2D eigenvalue weighted by Crippen LogP contribution is 2.21. The predicted molar refractivity (Wildman–Crippen MR) is 114 cm³/mol. The topological polar surface area (TPSA) is 97.0 Å². The minimum absolute atomic E-state index is 0.342. The van der Waals surface area contributed by atoms with E-state index in [1.54, 1.807) is 49.5 Å². The lowest BCUT2D eigenvalue weighted by molar-refractivity contribution is -0.124. The zero-order chi connectivity index (χ0) is 20.9. The van der Waals surface area contributed by atoms with E-state index < -0.39 is 18.0 Å². The summed E-state index contributed by atoms with van der Waals surface area (Å²) in [5.74, 6) is 0.135. The van der Waals surface area contributed by atoms with Gasteiger partial charge >= 0.3 is 5.97 Å². The van der Waals surface area contributed by atoms with Gasteiger partial charge in [0.15, 0.2) is 6.10 Å². The van der Waals surface area contributed by atoms with Gasteiger partial charge in [-0.15, -0.1) is 0 Å². The molecule has 2 heterocycles. The van der Waals surface area contributed by atoms with Crippen LogP contribution in [0.2, 0.25) is 0 Å². The van der Waals surface area contributed by atoms with Crippen molar-refractivity contribution < 1.29 is 14.3 Å². The summed E-state index contributed by atoms with van der Waals surface area (Å²) < 4.78 is 5.45. The number of anilines is 1. The molecule has 0 aliphatic heterocycles. The maximum atomic E-state index is 12.6. The molecule has 30 heavy (non-hydrogen) atoms. The summed E-state index contributed by atoms with van der Waals surface area (Å²) in [6, 6.07) is 20.0. The molecule has 0 fully saturated rings. The van der Waals surface area contributed by atoms with Crippen molar-refractivity contribution >= 4 is 28.7 Å². The van der Waals surface area contributed by atoms with Gasteiger partial charge in [-0.3, -0.25) is 4.79 Å². The zero-order valence-corrected chi connectivity index (χ0v) is 16.3. The number of H-pyrrole nitrogens is 1. The Morgan fingerprint density at radius 1 is 1.07 bits per heavy atom. The summed E-state index contributed by atoms with van der Waals surface area (Å²) >= 11 is 0. The molecule has 0 aliphatic carbocycles. The van der Waals surface area contributed by atoms with Gasteiger partial charge in [-0.05, 0) is 36.8 Å². The monoisotopic (exact) mass is 400 g/mol. The largest absolute Gasteiger partial charge is 0.449 e. The Bertz CT molecular complexity index is 1170. The van der Waals surface area contributed by atoms with Crippen LogP contribution >= 0.6 is 0 Å². The van der Waals surface area contributed by atoms with E-state index in [0.29, 0.717) is 23.3 Å². The van der Waals surface area contributed by atoms with E-state index in [1.165, 1.54) is 0 Å². The number of fused-ring (bicyclic) bond motifs is 1. The van der Waals surface area contributed by atoms with E-state index in [0.717, 1.165) is 16.9 Å². The number of aromatic amines is 1. The van der Waals surface area contributed by atoms with Crippen molar-refractivity contribution in [1.82, 2.24) is 15.0 Å². The van der Waals surface area contributed by atoms with Crippen molar-refractivity contribution in [3.8, 4) is 11.4 Å². The third-order valence-corrected chi connectivity index (χ3v) is 4.59. The molecular formula is C23H20N4O3. The fourth-order valence-corrected chi connectivity index (χ4v) is 3.03. The van der Waals surface area contributed by atoms with Crippen LogP contribution < -0.4 is 5.32 Å². The standard InChI is InChI=1S/C23H20N4O3/c1-2-19(22(28)27-20-10-6-7-13-24-20)30-23(29)16-11-12-17-18(14-16)26-21(25-17)15-8-4-3-5-9-15/h3-14,19H,2H2,1H3,(H,25,26)(H,24,27,28). The summed E-state index contributed by atoms with van der Waals surface area (Å²) in [5, 5.41) is 2.66. The Labute approximate surface area is 173 Å². The van der Waals surface area contributed by atoms with Gasteiger partial charge in [0.05, 0.1) is 16.6 Å². The minimum atomic E-state index is -0.920. The molecule has 0 aliphatic rings. The normalized spacial score (nSPS) is 11.8. The van der Waals surface area contributed by atoms with Crippen LogP contribution in [0.3, 0.4) is 0 Å². The van der Waals surface area contributed by atoms with Crippen molar-refractivity contribution in [3.05, 3.63) is 78.5 Å². The Hall–Kier alpha value is -4.00. The average Bonchev–Trinajstić information content (AvgIpc) is 3.22. The molecule has 7 heteroatoms. The number of nitrogens with zero attached hydrogens (tertiary/aromatic N) is 2. The molecule has 2 aromatic carbocycles. The molecule has 7 nitrogen and oxygen atoms in total. The molecule has 0 saturated heterocycles. The van der Waals surface area contributed by atoms with E-state index in [4.69, 9.17) is 4.74 Å². The Morgan fingerprint density at radius 3 is 2.60 bits per heavy atom. The number of nitrogens with one attached hydrogen (secondary N) is 2. The van der Waals surface area contributed by atoms with Crippen LogP contribution in [0, 0.1) is 0 Å². The number of pyridine rings is 1. The second kappa shape index (κ2) is 8.57. The van der Waals surface area contributed by atoms with Gasteiger partial charge in [0.25, 0.3) is 5.91 Å². The van der Waals surface area contributed by atoms with Crippen LogP contribution in [-0.2, 0) is 9.53 Å². The number of carbonyl (C=O) groups excluding carboxylic acids is 2. The zero-order valence-electron chi connectivity index (χ0n) is 16.3. The molecule has 0 spiro atoms. The first-order valence-electron chi connectivity index (χ1n) is 9.62. The van der Waals surface area contributed by atoms with Crippen molar-refractivity contribution in [2.24, 2.45) is 0 Å². The van der Waals surface area contributed by atoms with Crippen LogP contribution in [0.4, 0.5) is 5.82 Å².